The van der Waals surface area contributed by atoms with Crippen molar-refractivity contribution in [2.24, 2.45) is 0 Å². The maximum absolute atomic E-state index is 12.8. The van der Waals surface area contributed by atoms with E-state index < -0.39 is 0 Å². The molecular formula is C23H26N2O3. The first-order chi connectivity index (χ1) is 13.6. The first-order valence-electron chi connectivity index (χ1n) is 9.68. The molecule has 1 N–H and O–H groups in total. The fourth-order valence-electron chi connectivity index (χ4n) is 3.99. The summed E-state index contributed by atoms with van der Waals surface area (Å²) in [7, 11) is 3.25. The number of aromatic amines is 1. The zero-order valence-electron chi connectivity index (χ0n) is 16.7. The molecule has 0 saturated heterocycles. The summed E-state index contributed by atoms with van der Waals surface area (Å²) in [6, 6.07) is 12.3. The number of amides is 1. The summed E-state index contributed by atoms with van der Waals surface area (Å²) in [5.41, 5.74) is 6.02. The van der Waals surface area contributed by atoms with Crippen molar-refractivity contribution in [1.29, 1.82) is 0 Å². The molecule has 4 rings (SSSR count). The molecular weight excluding hydrogens is 352 g/mol. The minimum absolute atomic E-state index is 0.196. The van der Waals surface area contributed by atoms with E-state index in [2.05, 4.69) is 30.1 Å². The number of hydrogen-bond acceptors (Lipinski definition) is 3. The number of H-pyrrole nitrogens is 1. The second-order valence-corrected chi connectivity index (χ2v) is 7.39. The molecule has 0 atom stereocenters. The molecule has 0 saturated carbocycles. The molecule has 28 heavy (non-hydrogen) atoms. The zero-order chi connectivity index (χ0) is 19.7. The summed E-state index contributed by atoms with van der Waals surface area (Å²) < 4.78 is 10.6. The van der Waals surface area contributed by atoms with Crippen LogP contribution in [0, 0.1) is 6.92 Å². The van der Waals surface area contributed by atoms with Gasteiger partial charge < -0.3 is 19.4 Å². The Morgan fingerprint density at radius 1 is 1.11 bits per heavy atom. The van der Waals surface area contributed by atoms with E-state index >= 15 is 0 Å². The number of methoxy groups -OCH3 is 2. The van der Waals surface area contributed by atoms with Crippen molar-refractivity contribution in [3.8, 4) is 11.5 Å². The van der Waals surface area contributed by atoms with Crippen LogP contribution in [0.15, 0.2) is 36.4 Å². The Labute approximate surface area is 165 Å². The van der Waals surface area contributed by atoms with Gasteiger partial charge in [0.05, 0.1) is 14.2 Å². The predicted molar refractivity (Wildman–Crippen MR) is 110 cm³/mol. The number of aromatic nitrogens is 1. The van der Waals surface area contributed by atoms with Gasteiger partial charge in [-0.25, -0.2) is 0 Å². The number of aryl methyl sites for hydroxylation is 2. The molecule has 5 heteroatoms. The van der Waals surface area contributed by atoms with Crippen LogP contribution < -0.4 is 9.47 Å². The maximum Gasteiger partial charge on any atom is 0.223 e. The van der Waals surface area contributed by atoms with Gasteiger partial charge in [-0.05, 0) is 42.7 Å². The summed E-state index contributed by atoms with van der Waals surface area (Å²) in [5, 5.41) is 1.23. The monoisotopic (exact) mass is 378 g/mol. The average Bonchev–Trinajstić information content (AvgIpc) is 3.08. The molecule has 0 spiro atoms. The molecule has 1 aliphatic heterocycles. The molecule has 5 nitrogen and oxygen atoms in total. The van der Waals surface area contributed by atoms with E-state index in [1.54, 1.807) is 14.2 Å². The third kappa shape index (κ3) is 3.44. The second kappa shape index (κ2) is 7.58. The van der Waals surface area contributed by atoms with Crippen LogP contribution in [0.25, 0.3) is 10.9 Å². The molecule has 0 bridgehead atoms. The number of hydrogen-bond donors (Lipinski definition) is 1. The van der Waals surface area contributed by atoms with Gasteiger partial charge in [-0.15, -0.1) is 0 Å². The third-order valence-corrected chi connectivity index (χ3v) is 5.56. The van der Waals surface area contributed by atoms with E-state index in [-0.39, 0.29) is 5.91 Å². The topological polar surface area (TPSA) is 54.6 Å². The molecule has 0 unspecified atom stereocenters. The number of benzene rings is 2. The summed E-state index contributed by atoms with van der Waals surface area (Å²) in [6.07, 6.45) is 2.06. The van der Waals surface area contributed by atoms with Crippen LogP contribution in [0.2, 0.25) is 0 Å². The minimum atomic E-state index is 0.196. The Bertz CT molecular complexity index is 1020. The van der Waals surface area contributed by atoms with Gasteiger partial charge in [0.25, 0.3) is 0 Å². The third-order valence-electron chi connectivity index (χ3n) is 5.56. The molecule has 0 fully saturated rings. The van der Waals surface area contributed by atoms with Crippen molar-refractivity contribution >= 4 is 16.8 Å². The molecule has 1 amide bonds. The molecule has 2 heterocycles. The fourth-order valence-corrected chi connectivity index (χ4v) is 3.99. The number of fused-ring (bicyclic) bond motifs is 3. The summed E-state index contributed by atoms with van der Waals surface area (Å²) in [4.78, 5) is 18.3. The first-order valence-corrected chi connectivity index (χ1v) is 9.68. The van der Waals surface area contributed by atoms with E-state index in [0.717, 1.165) is 18.5 Å². The van der Waals surface area contributed by atoms with Gasteiger partial charge in [0.15, 0.2) is 11.5 Å². The van der Waals surface area contributed by atoms with Crippen molar-refractivity contribution in [1.82, 2.24) is 9.88 Å². The van der Waals surface area contributed by atoms with Gasteiger partial charge in [-0.2, -0.15) is 0 Å². The number of nitrogens with one attached hydrogen (secondary N) is 1. The lowest BCUT2D eigenvalue weighted by Gasteiger charge is -2.27. The molecule has 1 aliphatic rings. The number of carbonyl (C=O) groups is 1. The second-order valence-electron chi connectivity index (χ2n) is 7.39. The van der Waals surface area contributed by atoms with Gasteiger partial charge in [-0.1, -0.05) is 18.2 Å². The van der Waals surface area contributed by atoms with E-state index in [1.807, 2.05) is 23.1 Å². The van der Waals surface area contributed by atoms with E-state index in [0.29, 0.717) is 30.9 Å². The van der Waals surface area contributed by atoms with Crippen LogP contribution in [-0.4, -0.2) is 36.6 Å². The molecule has 2 aromatic carbocycles. The molecule has 146 valence electrons. The Morgan fingerprint density at radius 2 is 1.93 bits per heavy atom. The standard InChI is InChI=1S/C23H26N2O3/c1-15-4-7-17-18-14-25(11-10-19(18)24-20(17)12-15)23(26)9-6-16-5-8-21(27-2)22(13-16)28-3/h4-5,7-8,12-13,24H,6,9-11,14H2,1-3H3. The van der Waals surface area contributed by atoms with Crippen molar-refractivity contribution in [3.63, 3.8) is 0 Å². The first kappa shape index (κ1) is 18.4. The average molecular weight is 378 g/mol. The van der Waals surface area contributed by atoms with Crippen molar-refractivity contribution < 1.29 is 14.3 Å². The Kier molecular flexibility index (Phi) is 4.99. The highest BCUT2D eigenvalue weighted by atomic mass is 16.5. The van der Waals surface area contributed by atoms with Crippen LogP contribution in [0.4, 0.5) is 0 Å². The van der Waals surface area contributed by atoms with Gasteiger partial charge in [-0.3, -0.25) is 4.79 Å². The number of carbonyl (C=O) groups excluding carboxylic acids is 1. The van der Waals surface area contributed by atoms with E-state index in [9.17, 15) is 4.79 Å². The van der Waals surface area contributed by atoms with Crippen molar-refractivity contribution in [2.75, 3.05) is 20.8 Å². The lowest BCUT2D eigenvalue weighted by Crippen LogP contribution is -2.35. The molecule has 1 aromatic heterocycles. The molecule has 0 radical (unpaired) electrons. The van der Waals surface area contributed by atoms with Gasteiger partial charge in [0.2, 0.25) is 5.91 Å². The van der Waals surface area contributed by atoms with Crippen LogP contribution in [0.5, 0.6) is 11.5 Å². The quantitative estimate of drug-likeness (QED) is 0.730. The Hall–Kier alpha value is -2.95. The van der Waals surface area contributed by atoms with Gasteiger partial charge in [0.1, 0.15) is 0 Å². The smallest absolute Gasteiger partial charge is 0.223 e. The molecule has 0 aliphatic carbocycles. The summed E-state index contributed by atoms with van der Waals surface area (Å²) in [6.45, 7) is 3.55. The predicted octanol–water partition coefficient (Wildman–Crippen LogP) is 4.01. The van der Waals surface area contributed by atoms with E-state index in [4.69, 9.17) is 9.47 Å². The van der Waals surface area contributed by atoms with Crippen LogP contribution >= 0.6 is 0 Å². The highest BCUT2D eigenvalue weighted by Crippen LogP contribution is 2.30. The summed E-state index contributed by atoms with van der Waals surface area (Å²) >= 11 is 0. The minimum Gasteiger partial charge on any atom is -0.493 e. The van der Waals surface area contributed by atoms with Crippen LogP contribution in [0.3, 0.4) is 0 Å². The van der Waals surface area contributed by atoms with Crippen LogP contribution in [0.1, 0.15) is 28.8 Å². The zero-order valence-corrected chi connectivity index (χ0v) is 16.7. The highest BCUT2D eigenvalue weighted by molar-refractivity contribution is 5.86. The lowest BCUT2D eigenvalue weighted by atomic mass is 10.0. The Morgan fingerprint density at radius 3 is 2.71 bits per heavy atom. The normalized spacial score (nSPS) is 13.5. The number of nitrogens with zero attached hydrogens (tertiary/aromatic N) is 1. The van der Waals surface area contributed by atoms with Crippen molar-refractivity contribution in [2.45, 2.75) is 32.7 Å². The van der Waals surface area contributed by atoms with Crippen molar-refractivity contribution in [3.05, 3.63) is 58.8 Å². The number of rotatable bonds is 5. The number of ether oxygens (including phenoxy) is 2. The SMILES string of the molecule is COc1ccc(CCC(=O)N2CCc3[nH]c4cc(C)ccc4c3C2)cc1OC. The van der Waals surface area contributed by atoms with Crippen LogP contribution in [-0.2, 0) is 24.2 Å². The van der Waals surface area contributed by atoms with E-state index in [1.165, 1.54) is 27.7 Å². The highest BCUT2D eigenvalue weighted by Gasteiger charge is 2.23. The van der Waals surface area contributed by atoms with Gasteiger partial charge >= 0.3 is 0 Å². The molecule has 3 aromatic rings. The van der Waals surface area contributed by atoms with Gasteiger partial charge in [0, 0.05) is 48.1 Å². The largest absolute Gasteiger partial charge is 0.493 e. The fraction of sp³-hybridized carbons (Fsp3) is 0.348. The summed E-state index contributed by atoms with van der Waals surface area (Å²) in [5.74, 6) is 1.60. The maximum atomic E-state index is 12.8. The Balaban J connectivity index is 1.44. The lowest BCUT2D eigenvalue weighted by molar-refractivity contribution is -0.132.